The first-order valence-electron chi connectivity index (χ1n) is 7.24. The van der Waals surface area contributed by atoms with Gasteiger partial charge in [-0.05, 0) is 18.2 Å². The molecule has 0 saturated carbocycles. The lowest BCUT2D eigenvalue weighted by molar-refractivity contribution is -0.00279. The molecule has 112 valence electrons. The molecule has 0 aliphatic carbocycles. The van der Waals surface area contributed by atoms with Crippen molar-refractivity contribution in [2.75, 3.05) is 27.4 Å². The molecule has 1 N–H and O–H groups in total. The molecule has 0 aliphatic heterocycles. The minimum atomic E-state index is -0.0475. The molecular formula is C18H23NO2. The molecule has 0 radical (unpaired) electrons. The van der Waals surface area contributed by atoms with Gasteiger partial charge >= 0.3 is 0 Å². The molecule has 0 aliphatic rings. The molecular weight excluding hydrogens is 262 g/mol. The highest BCUT2D eigenvalue weighted by Gasteiger charge is 2.24. The lowest BCUT2D eigenvalue weighted by Gasteiger charge is -2.28. The van der Waals surface area contributed by atoms with Crippen LogP contribution in [0.2, 0.25) is 0 Å². The van der Waals surface area contributed by atoms with Crippen LogP contribution < -0.4 is 5.32 Å². The highest BCUT2D eigenvalue weighted by atomic mass is 16.5. The van der Waals surface area contributed by atoms with Crippen molar-refractivity contribution in [3.8, 4) is 0 Å². The quantitative estimate of drug-likeness (QED) is 0.755. The summed E-state index contributed by atoms with van der Waals surface area (Å²) in [6, 6.07) is 20.8. The van der Waals surface area contributed by atoms with Crippen LogP contribution in [-0.4, -0.2) is 27.4 Å². The van der Waals surface area contributed by atoms with Gasteiger partial charge in [-0.25, -0.2) is 0 Å². The molecule has 2 aromatic carbocycles. The molecule has 0 aromatic heterocycles. The molecule has 2 aromatic rings. The van der Waals surface area contributed by atoms with Gasteiger partial charge < -0.3 is 14.8 Å². The molecule has 0 bridgehead atoms. The smallest absolute Gasteiger partial charge is 0.102 e. The Labute approximate surface area is 126 Å². The van der Waals surface area contributed by atoms with E-state index in [0.717, 1.165) is 5.56 Å². The van der Waals surface area contributed by atoms with Crippen molar-refractivity contribution in [1.29, 1.82) is 0 Å². The zero-order valence-corrected chi connectivity index (χ0v) is 12.7. The third kappa shape index (κ3) is 4.39. The Hall–Kier alpha value is -1.68. The van der Waals surface area contributed by atoms with Gasteiger partial charge in [-0.1, -0.05) is 60.7 Å². The summed E-state index contributed by atoms with van der Waals surface area (Å²) in [6.45, 7) is 1.16. The summed E-state index contributed by atoms with van der Waals surface area (Å²) >= 11 is 0. The average molecular weight is 285 g/mol. The van der Waals surface area contributed by atoms with Crippen LogP contribution in [0.3, 0.4) is 0 Å². The van der Waals surface area contributed by atoms with Crippen LogP contribution in [-0.2, 0) is 9.47 Å². The molecule has 0 saturated heterocycles. The molecule has 3 heteroatoms. The Morgan fingerprint density at radius 1 is 0.857 bits per heavy atom. The molecule has 0 heterocycles. The Kier molecular flexibility index (Phi) is 6.41. The van der Waals surface area contributed by atoms with Gasteiger partial charge in [-0.2, -0.15) is 0 Å². The van der Waals surface area contributed by atoms with Crippen molar-refractivity contribution in [3.05, 3.63) is 71.8 Å². The minimum Gasteiger partial charge on any atom is -0.382 e. The van der Waals surface area contributed by atoms with E-state index in [2.05, 4.69) is 41.7 Å². The first-order chi connectivity index (χ1) is 10.4. The lowest BCUT2D eigenvalue weighted by atomic mass is 9.96. The predicted molar refractivity (Wildman–Crippen MR) is 85.3 cm³/mol. The van der Waals surface area contributed by atoms with Crippen LogP contribution in [0.15, 0.2) is 60.7 Å². The van der Waals surface area contributed by atoms with Crippen LogP contribution in [0.1, 0.15) is 23.3 Å². The monoisotopic (exact) mass is 285 g/mol. The van der Waals surface area contributed by atoms with Crippen LogP contribution in [0.4, 0.5) is 0 Å². The second-order valence-electron chi connectivity index (χ2n) is 4.87. The lowest BCUT2D eigenvalue weighted by Crippen LogP contribution is -2.26. The summed E-state index contributed by atoms with van der Waals surface area (Å²) in [5.74, 6) is 0. The fourth-order valence-electron chi connectivity index (χ4n) is 2.44. The van der Waals surface area contributed by atoms with Crippen molar-refractivity contribution in [3.63, 3.8) is 0 Å². The maximum atomic E-state index is 6.09. The van der Waals surface area contributed by atoms with Crippen molar-refractivity contribution in [1.82, 2.24) is 5.32 Å². The molecule has 0 amide bonds. The van der Waals surface area contributed by atoms with Crippen molar-refractivity contribution < 1.29 is 9.47 Å². The first-order valence-corrected chi connectivity index (χ1v) is 7.24. The van der Waals surface area contributed by atoms with E-state index < -0.39 is 0 Å². The number of hydrogen-bond donors (Lipinski definition) is 1. The largest absolute Gasteiger partial charge is 0.382 e. The van der Waals surface area contributed by atoms with Crippen LogP contribution in [0.25, 0.3) is 0 Å². The van der Waals surface area contributed by atoms with Crippen molar-refractivity contribution in [2.45, 2.75) is 12.1 Å². The van der Waals surface area contributed by atoms with E-state index in [1.807, 2.05) is 31.3 Å². The number of hydrogen-bond acceptors (Lipinski definition) is 3. The standard InChI is InChI=1S/C18H23NO2/c1-19-17(15-9-5-3-6-10-15)18(21-14-13-20-2)16-11-7-4-8-12-16/h3-12,17-19H,13-14H2,1-2H3. The van der Waals surface area contributed by atoms with Gasteiger partial charge in [-0.15, -0.1) is 0 Å². The van der Waals surface area contributed by atoms with E-state index in [1.165, 1.54) is 5.56 Å². The maximum Gasteiger partial charge on any atom is 0.102 e. The van der Waals surface area contributed by atoms with Crippen LogP contribution >= 0.6 is 0 Å². The zero-order chi connectivity index (χ0) is 14.9. The minimum absolute atomic E-state index is 0.0475. The third-order valence-corrected chi connectivity index (χ3v) is 3.49. The van der Waals surface area contributed by atoms with Gasteiger partial charge in [0.2, 0.25) is 0 Å². The fraction of sp³-hybridized carbons (Fsp3) is 0.333. The van der Waals surface area contributed by atoms with E-state index in [0.29, 0.717) is 13.2 Å². The molecule has 2 unspecified atom stereocenters. The number of rotatable bonds is 8. The highest BCUT2D eigenvalue weighted by molar-refractivity contribution is 5.26. The summed E-state index contributed by atoms with van der Waals surface area (Å²) in [7, 11) is 3.65. The van der Waals surface area contributed by atoms with Gasteiger partial charge in [0.25, 0.3) is 0 Å². The van der Waals surface area contributed by atoms with Crippen molar-refractivity contribution in [2.24, 2.45) is 0 Å². The van der Waals surface area contributed by atoms with Gasteiger partial charge in [0, 0.05) is 7.11 Å². The van der Waals surface area contributed by atoms with E-state index in [-0.39, 0.29) is 12.1 Å². The Morgan fingerprint density at radius 2 is 1.43 bits per heavy atom. The van der Waals surface area contributed by atoms with Gasteiger partial charge in [0.05, 0.1) is 19.3 Å². The second-order valence-corrected chi connectivity index (χ2v) is 4.87. The van der Waals surface area contributed by atoms with E-state index in [1.54, 1.807) is 7.11 Å². The zero-order valence-electron chi connectivity index (χ0n) is 12.7. The van der Waals surface area contributed by atoms with E-state index in [4.69, 9.17) is 9.47 Å². The molecule has 21 heavy (non-hydrogen) atoms. The summed E-state index contributed by atoms with van der Waals surface area (Å²) in [5, 5.41) is 3.38. The Bertz CT molecular complexity index is 501. The topological polar surface area (TPSA) is 30.5 Å². The second kappa shape index (κ2) is 8.57. The SMILES string of the molecule is CNC(c1ccccc1)C(OCCOC)c1ccccc1. The maximum absolute atomic E-state index is 6.09. The average Bonchev–Trinajstić information content (AvgIpc) is 2.56. The van der Waals surface area contributed by atoms with Gasteiger partial charge in [0.15, 0.2) is 0 Å². The normalized spacial score (nSPS) is 13.8. The number of methoxy groups -OCH3 is 1. The molecule has 2 rings (SSSR count). The molecule has 2 atom stereocenters. The first kappa shape index (κ1) is 15.7. The number of ether oxygens (including phenoxy) is 2. The van der Waals surface area contributed by atoms with E-state index in [9.17, 15) is 0 Å². The van der Waals surface area contributed by atoms with E-state index >= 15 is 0 Å². The third-order valence-electron chi connectivity index (χ3n) is 3.49. The summed E-state index contributed by atoms with van der Waals surface area (Å²) in [6.07, 6.45) is -0.0475. The fourth-order valence-corrected chi connectivity index (χ4v) is 2.44. The predicted octanol–water partition coefficient (Wildman–Crippen LogP) is 3.35. The molecule has 0 fully saturated rings. The van der Waals surface area contributed by atoms with Gasteiger partial charge in [0.1, 0.15) is 6.10 Å². The molecule has 3 nitrogen and oxygen atoms in total. The summed E-state index contributed by atoms with van der Waals surface area (Å²) in [4.78, 5) is 0. The summed E-state index contributed by atoms with van der Waals surface area (Å²) < 4.78 is 11.2. The summed E-state index contributed by atoms with van der Waals surface area (Å²) in [5.41, 5.74) is 2.38. The van der Waals surface area contributed by atoms with Crippen molar-refractivity contribution >= 4 is 0 Å². The number of benzene rings is 2. The number of likely N-dealkylation sites (N-methyl/N-ethyl adjacent to an activating group) is 1. The Balaban J connectivity index is 2.24. The Morgan fingerprint density at radius 3 is 1.95 bits per heavy atom. The highest BCUT2D eigenvalue weighted by Crippen LogP contribution is 2.31. The number of nitrogens with one attached hydrogen (secondary N) is 1. The van der Waals surface area contributed by atoms with Crippen LogP contribution in [0, 0.1) is 0 Å². The van der Waals surface area contributed by atoms with Gasteiger partial charge in [-0.3, -0.25) is 0 Å². The van der Waals surface area contributed by atoms with Crippen LogP contribution in [0.5, 0.6) is 0 Å². The molecule has 0 spiro atoms.